The van der Waals surface area contributed by atoms with Crippen molar-refractivity contribution in [1.82, 2.24) is 16.0 Å². The lowest BCUT2D eigenvalue weighted by Crippen LogP contribution is -2.35. The van der Waals surface area contributed by atoms with Crippen LogP contribution in [0, 0.1) is 0 Å². The van der Waals surface area contributed by atoms with Gasteiger partial charge in [0.2, 0.25) is 5.91 Å². The summed E-state index contributed by atoms with van der Waals surface area (Å²) in [5.41, 5.74) is -0.146. The van der Waals surface area contributed by atoms with Crippen LogP contribution in [0.4, 0.5) is 4.79 Å². The minimum atomic E-state index is -0.569. The topological polar surface area (TPSA) is 96.5 Å². The van der Waals surface area contributed by atoms with Crippen LogP contribution in [0.2, 0.25) is 5.02 Å². The van der Waals surface area contributed by atoms with E-state index in [1.807, 2.05) is 0 Å². The van der Waals surface area contributed by atoms with Gasteiger partial charge in [0.05, 0.1) is 10.6 Å². The molecule has 1 aromatic carbocycles. The molecular weight excluding hydrogens is 358 g/mol. The van der Waals surface area contributed by atoms with Crippen LogP contribution in [0.5, 0.6) is 0 Å². The monoisotopic (exact) mass is 383 g/mol. The lowest BCUT2D eigenvalue weighted by Gasteiger charge is -2.19. The molecule has 0 heterocycles. The molecule has 3 N–H and O–H groups in total. The van der Waals surface area contributed by atoms with Crippen molar-refractivity contribution in [1.29, 1.82) is 0 Å². The molecule has 0 aliphatic heterocycles. The average molecular weight is 384 g/mol. The molecule has 0 unspecified atom stereocenters. The van der Waals surface area contributed by atoms with Gasteiger partial charge in [0.1, 0.15) is 5.60 Å². The Bertz CT molecular complexity index is 629. The number of halogens is 1. The van der Waals surface area contributed by atoms with Crippen LogP contribution in [0.25, 0.3) is 0 Å². The Kier molecular flexibility index (Phi) is 8.92. The SMILES string of the molecule is CC(C)(C)OC(=O)NCCC(=O)NCCCNC(=O)c1ccccc1Cl. The second kappa shape index (κ2) is 10.7. The average Bonchev–Trinajstić information content (AvgIpc) is 2.53. The van der Waals surface area contributed by atoms with Gasteiger partial charge < -0.3 is 20.7 Å². The van der Waals surface area contributed by atoms with Gasteiger partial charge in [0.15, 0.2) is 0 Å². The van der Waals surface area contributed by atoms with Gasteiger partial charge in [0.25, 0.3) is 5.91 Å². The van der Waals surface area contributed by atoms with Crippen LogP contribution in [-0.4, -0.2) is 43.1 Å². The van der Waals surface area contributed by atoms with Crippen molar-refractivity contribution in [2.45, 2.75) is 39.2 Å². The predicted molar refractivity (Wildman–Crippen MR) is 100 cm³/mol. The first-order valence-electron chi connectivity index (χ1n) is 8.45. The largest absolute Gasteiger partial charge is 0.444 e. The van der Waals surface area contributed by atoms with Crippen molar-refractivity contribution >= 4 is 29.5 Å². The van der Waals surface area contributed by atoms with Crippen molar-refractivity contribution in [2.75, 3.05) is 19.6 Å². The molecule has 26 heavy (non-hydrogen) atoms. The number of carbonyl (C=O) groups is 3. The molecule has 0 aromatic heterocycles. The van der Waals surface area contributed by atoms with Gasteiger partial charge in [-0.15, -0.1) is 0 Å². The Hall–Kier alpha value is -2.28. The van der Waals surface area contributed by atoms with Crippen molar-refractivity contribution in [2.24, 2.45) is 0 Å². The van der Waals surface area contributed by atoms with Crippen LogP contribution in [0.15, 0.2) is 24.3 Å². The summed E-state index contributed by atoms with van der Waals surface area (Å²) < 4.78 is 5.07. The van der Waals surface area contributed by atoms with Gasteiger partial charge in [-0.05, 0) is 39.3 Å². The van der Waals surface area contributed by atoms with Gasteiger partial charge in [-0.2, -0.15) is 0 Å². The van der Waals surface area contributed by atoms with E-state index in [0.717, 1.165) is 0 Å². The van der Waals surface area contributed by atoms with Crippen LogP contribution >= 0.6 is 11.6 Å². The predicted octanol–water partition coefficient (Wildman–Crippen LogP) is 2.49. The number of benzene rings is 1. The molecule has 0 radical (unpaired) electrons. The summed E-state index contributed by atoms with van der Waals surface area (Å²) in [6.07, 6.45) is 0.194. The summed E-state index contributed by atoms with van der Waals surface area (Å²) in [6, 6.07) is 6.80. The van der Waals surface area contributed by atoms with E-state index < -0.39 is 11.7 Å². The van der Waals surface area contributed by atoms with Crippen molar-refractivity contribution in [3.8, 4) is 0 Å². The van der Waals surface area contributed by atoms with Gasteiger partial charge in [-0.25, -0.2) is 4.79 Å². The van der Waals surface area contributed by atoms with Crippen molar-refractivity contribution in [3.63, 3.8) is 0 Å². The second-order valence-electron chi connectivity index (χ2n) is 6.62. The third kappa shape index (κ3) is 9.27. The highest BCUT2D eigenvalue weighted by molar-refractivity contribution is 6.33. The fourth-order valence-corrected chi connectivity index (χ4v) is 2.16. The third-order valence-electron chi connectivity index (χ3n) is 3.10. The summed E-state index contributed by atoms with van der Waals surface area (Å²) in [5.74, 6) is -0.429. The van der Waals surface area contributed by atoms with E-state index in [1.54, 1.807) is 45.0 Å². The molecule has 0 atom stereocenters. The molecule has 0 aliphatic carbocycles. The van der Waals surface area contributed by atoms with Crippen molar-refractivity contribution in [3.05, 3.63) is 34.9 Å². The van der Waals surface area contributed by atoms with E-state index in [1.165, 1.54) is 0 Å². The highest BCUT2D eigenvalue weighted by Crippen LogP contribution is 2.14. The molecule has 0 saturated carbocycles. The zero-order valence-electron chi connectivity index (χ0n) is 15.4. The Morgan fingerprint density at radius 3 is 2.31 bits per heavy atom. The van der Waals surface area contributed by atoms with Gasteiger partial charge >= 0.3 is 6.09 Å². The molecule has 3 amide bonds. The second-order valence-corrected chi connectivity index (χ2v) is 7.03. The van der Waals surface area contributed by atoms with Gasteiger partial charge in [-0.3, -0.25) is 9.59 Å². The number of carbonyl (C=O) groups excluding carboxylic acids is 3. The Morgan fingerprint density at radius 2 is 1.65 bits per heavy atom. The molecule has 0 saturated heterocycles. The highest BCUT2D eigenvalue weighted by Gasteiger charge is 2.15. The maximum absolute atomic E-state index is 11.9. The Labute approximate surface area is 158 Å². The van der Waals surface area contributed by atoms with Crippen molar-refractivity contribution < 1.29 is 19.1 Å². The molecule has 144 valence electrons. The fourth-order valence-electron chi connectivity index (χ4n) is 1.94. The number of ether oxygens (including phenoxy) is 1. The quantitative estimate of drug-likeness (QED) is 0.601. The molecule has 0 fully saturated rings. The molecule has 1 aromatic rings. The van der Waals surface area contributed by atoms with Crippen LogP contribution < -0.4 is 16.0 Å². The summed E-state index contributed by atoms with van der Waals surface area (Å²) in [5, 5.41) is 8.38. The number of hydrogen-bond acceptors (Lipinski definition) is 4. The zero-order chi connectivity index (χ0) is 19.6. The lowest BCUT2D eigenvalue weighted by molar-refractivity contribution is -0.120. The maximum atomic E-state index is 11.9. The van der Waals surface area contributed by atoms with Gasteiger partial charge in [-0.1, -0.05) is 23.7 Å². The minimum absolute atomic E-state index is 0.158. The number of rotatable bonds is 8. The molecule has 7 nitrogen and oxygen atoms in total. The van der Waals surface area contributed by atoms with E-state index >= 15 is 0 Å². The Morgan fingerprint density at radius 1 is 1.00 bits per heavy atom. The summed E-state index contributed by atoms with van der Waals surface area (Å²) in [6.45, 7) is 6.34. The van der Waals surface area contributed by atoms with E-state index in [9.17, 15) is 14.4 Å². The fraction of sp³-hybridized carbons (Fsp3) is 0.500. The lowest BCUT2D eigenvalue weighted by atomic mass is 10.2. The highest BCUT2D eigenvalue weighted by atomic mass is 35.5. The molecular formula is C18H26ClN3O4. The summed E-state index contributed by atoms with van der Waals surface area (Å²) >= 11 is 5.95. The van der Waals surface area contributed by atoms with Crippen LogP contribution in [0.1, 0.15) is 44.0 Å². The minimum Gasteiger partial charge on any atom is -0.444 e. The van der Waals surface area contributed by atoms with Crippen LogP contribution in [0.3, 0.4) is 0 Å². The first kappa shape index (κ1) is 21.8. The molecule has 0 bridgehead atoms. The first-order chi connectivity index (χ1) is 12.2. The van der Waals surface area contributed by atoms with E-state index in [4.69, 9.17) is 16.3 Å². The number of amides is 3. The number of hydrogen-bond donors (Lipinski definition) is 3. The van der Waals surface area contributed by atoms with E-state index in [-0.39, 0.29) is 24.8 Å². The third-order valence-corrected chi connectivity index (χ3v) is 3.43. The first-order valence-corrected chi connectivity index (χ1v) is 8.83. The molecule has 0 aliphatic rings. The smallest absolute Gasteiger partial charge is 0.407 e. The molecule has 0 spiro atoms. The molecule has 8 heteroatoms. The maximum Gasteiger partial charge on any atom is 0.407 e. The van der Waals surface area contributed by atoms with Crippen LogP contribution in [-0.2, 0) is 9.53 Å². The normalized spacial score (nSPS) is 10.8. The van der Waals surface area contributed by atoms with E-state index in [0.29, 0.717) is 30.1 Å². The summed E-state index contributed by atoms with van der Waals surface area (Å²) in [4.78, 5) is 35.0. The van der Waals surface area contributed by atoms with E-state index in [2.05, 4.69) is 16.0 Å². The molecule has 1 rings (SSSR count). The zero-order valence-corrected chi connectivity index (χ0v) is 16.1. The Balaban J connectivity index is 2.11. The van der Waals surface area contributed by atoms with Gasteiger partial charge in [0, 0.05) is 26.1 Å². The standard InChI is InChI=1S/C18H26ClN3O4/c1-18(2,3)26-17(25)22-12-9-15(23)20-10-6-11-21-16(24)13-7-4-5-8-14(13)19/h4-5,7-8H,6,9-12H2,1-3H3,(H,20,23)(H,21,24)(H,22,25). The summed E-state index contributed by atoms with van der Waals surface area (Å²) in [7, 11) is 0. The number of alkyl carbamates (subject to hydrolysis) is 1. The number of nitrogens with one attached hydrogen (secondary N) is 3.